The van der Waals surface area contributed by atoms with Crippen molar-refractivity contribution in [3.63, 3.8) is 0 Å². The molecule has 3 rings (SSSR count). The lowest BCUT2D eigenvalue weighted by Crippen LogP contribution is -2.19. The summed E-state index contributed by atoms with van der Waals surface area (Å²) in [5.41, 5.74) is 3.14. The van der Waals surface area contributed by atoms with Gasteiger partial charge >= 0.3 is 0 Å². The fraction of sp³-hybridized carbons (Fsp3) is 0.400. The summed E-state index contributed by atoms with van der Waals surface area (Å²) < 4.78 is 0. The zero-order valence-electron chi connectivity index (χ0n) is 6.38. The fourth-order valence-corrected chi connectivity index (χ4v) is 2.41. The summed E-state index contributed by atoms with van der Waals surface area (Å²) in [5, 5.41) is 3.51. The Kier molecular flexibility index (Phi) is 0.977. The van der Waals surface area contributed by atoms with E-state index in [1.807, 2.05) is 0 Å². The second-order valence-electron chi connectivity index (χ2n) is 3.52. The van der Waals surface area contributed by atoms with Gasteiger partial charge in [-0.15, -0.1) is 0 Å². The third-order valence-corrected chi connectivity index (χ3v) is 2.94. The van der Waals surface area contributed by atoms with E-state index in [1.54, 1.807) is 11.1 Å². The van der Waals surface area contributed by atoms with Gasteiger partial charge in [-0.1, -0.05) is 24.3 Å². The molecule has 1 aliphatic heterocycles. The van der Waals surface area contributed by atoms with Crippen molar-refractivity contribution in [3.8, 4) is 0 Å². The first-order chi connectivity index (χ1) is 5.45. The van der Waals surface area contributed by atoms with Gasteiger partial charge in [0.2, 0.25) is 0 Å². The maximum Gasteiger partial charge on any atom is 0.0329 e. The lowest BCUT2D eigenvalue weighted by molar-refractivity contribution is 0.650. The Morgan fingerprint density at radius 3 is 2.82 bits per heavy atom. The standard InChI is InChI=1S/C10H11N/c1-2-4-9-8(3-1)7-5-10(9)11-6-7/h1-4,7,10-11H,5-6H2/t7?,10-/m1/s1. The molecule has 2 aliphatic rings. The summed E-state index contributed by atoms with van der Waals surface area (Å²) in [5.74, 6) is 0.816. The highest BCUT2D eigenvalue weighted by atomic mass is 15.0. The number of benzene rings is 1. The van der Waals surface area contributed by atoms with E-state index in [-0.39, 0.29) is 0 Å². The maximum atomic E-state index is 3.51. The maximum absolute atomic E-state index is 3.51. The van der Waals surface area contributed by atoms with E-state index in [0.717, 1.165) is 5.92 Å². The third kappa shape index (κ3) is 0.641. The zero-order valence-corrected chi connectivity index (χ0v) is 6.38. The van der Waals surface area contributed by atoms with Crippen LogP contribution in [0.2, 0.25) is 0 Å². The van der Waals surface area contributed by atoms with E-state index in [0.29, 0.717) is 6.04 Å². The molecule has 0 amide bonds. The van der Waals surface area contributed by atoms with Gasteiger partial charge in [-0.2, -0.15) is 0 Å². The molecule has 0 saturated carbocycles. The monoisotopic (exact) mass is 145 g/mol. The summed E-state index contributed by atoms with van der Waals surface area (Å²) in [6.07, 6.45) is 1.33. The number of nitrogens with one attached hydrogen (secondary N) is 1. The van der Waals surface area contributed by atoms with E-state index in [4.69, 9.17) is 0 Å². The van der Waals surface area contributed by atoms with Crippen LogP contribution in [-0.4, -0.2) is 6.54 Å². The molecule has 1 nitrogen and oxygen atoms in total. The van der Waals surface area contributed by atoms with Crippen LogP contribution in [-0.2, 0) is 0 Å². The second-order valence-corrected chi connectivity index (χ2v) is 3.52. The van der Waals surface area contributed by atoms with Gasteiger partial charge in [0, 0.05) is 12.6 Å². The smallest absolute Gasteiger partial charge is 0.0329 e. The van der Waals surface area contributed by atoms with E-state index in [2.05, 4.69) is 29.6 Å². The minimum atomic E-state index is 0.677. The van der Waals surface area contributed by atoms with Crippen molar-refractivity contribution >= 4 is 0 Å². The van der Waals surface area contributed by atoms with Crippen LogP contribution in [0.5, 0.6) is 0 Å². The number of rotatable bonds is 0. The molecule has 1 fully saturated rings. The summed E-state index contributed by atoms with van der Waals surface area (Å²) in [6.45, 7) is 1.20. The second kappa shape index (κ2) is 1.86. The molecule has 1 aliphatic carbocycles. The van der Waals surface area contributed by atoms with Crippen molar-refractivity contribution < 1.29 is 0 Å². The molecule has 1 aromatic carbocycles. The Balaban J connectivity index is 2.23. The molecule has 1 N–H and O–H groups in total. The molecule has 0 radical (unpaired) electrons. The first-order valence-corrected chi connectivity index (χ1v) is 4.27. The van der Waals surface area contributed by atoms with Gasteiger partial charge in [0.15, 0.2) is 0 Å². The minimum Gasteiger partial charge on any atom is -0.309 e. The van der Waals surface area contributed by atoms with E-state index < -0.39 is 0 Å². The van der Waals surface area contributed by atoms with Crippen LogP contribution < -0.4 is 5.32 Å². The molecule has 1 unspecified atom stereocenters. The average molecular weight is 145 g/mol. The first kappa shape index (κ1) is 5.78. The molecule has 0 spiro atoms. The van der Waals surface area contributed by atoms with Crippen molar-refractivity contribution in [2.75, 3.05) is 6.54 Å². The van der Waals surface area contributed by atoms with Crippen LogP contribution in [0, 0.1) is 0 Å². The molecule has 1 heterocycles. The van der Waals surface area contributed by atoms with Gasteiger partial charge in [0.05, 0.1) is 0 Å². The van der Waals surface area contributed by atoms with Crippen LogP contribution in [0.15, 0.2) is 24.3 Å². The van der Waals surface area contributed by atoms with Crippen molar-refractivity contribution in [2.45, 2.75) is 18.4 Å². The molecule has 2 bridgehead atoms. The number of hydrogen-bond acceptors (Lipinski definition) is 1. The Morgan fingerprint density at radius 1 is 1.18 bits per heavy atom. The number of hydrogen-bond donors (Lipinski definition) is 1. The molecular weight excluding hydrogens is 134 g/mol. The van der Waals surface area contributed by atoms with E-state index >= 15 is 0 Å². The van der Waals surface area contributed by atoms with Crippen LogP contribution >= 0.6 is 0 Å². The molecule has 1 saturated heterocycles. The predicted molar refractivity (Wildman–Crippen MR) is 44.5 cm³/mol. The van der Waals surface area contributed by atoms with Gasteiger partial charge in [-0.3, -0.25) is 0 Å². The van der Waals surface area contributed by atoms with Crippen LogP contribution in [0.25, 0.3) is 0 Å². The van der Waals surface area contributed by atoms with Gasteiger partial charge in [-0.25, -0.2) is 0 Å². The molecular formula is C10H11N. The Bertz CT molecular complexity index is 264. The number of fused-ring (bicyclic) bond motifs is 5. The predicted octanol–water partition coefficient (Wildman–Crippen LogP) is 1.82. The van der Waals surface area contributed by atoms with Crippen LogP contribution in [0.4, 0.5) is 0 Å². The van der Waals surface area contributed by atoms with E-state index in [9.17, 15) is 0 Å². The first-order valence-electron chi connectivity index (χ1n) is 4.27. The lowest BCUT2D eigenvalue weighted by atomic mass is 10.0. The van der Waals surface area contributed by atoms with Crippen molar-refractivity contribution in [1.82, 2.24) is 5.32 Å². The summed E-state index contributed by atoms with van der Waals surface area (Å²) in [7, 11) is 0. The largest absolute Gasteiger partial charge is 0.309 e. The van der Waals surface area contributed by atoms with Gasteiger partial charge in [-0.05, 0) is 23.5 Å². The lowest BCUT2D eigenvalue weighted by Gasteiger charge is -2.15. The molecule has 1 aromatic rings. The summed E-state index contributed by atoms with van der Waals surface area (Å²) in [6, 6.07) is 9.50. The Morgan fingerprint density at radius 2 is 2.00 bits per heavy atom. The fourth-order valence-electron chi connectivity index (χ4n) is 2.41. The molecule has 11 heavy (non-hydrogen) atoms. The Hall–Kier alpha value is -0.820. The minimum absolute atomic E-state index is 0.677. The van der Waals surface area contributed by atoms with Gasteiger partial charge in [0.1, 0.15) is 0 Å². The summed E-state index contributed by atoms with van der Waals surface area (Å²) in [4.78, 5) is 0. The van der Waals surface area contributed by atoms with Crippen LogP contribution in [0.1, 0.15) is 29.5 Å². The highest BCUT2D eigenvalue weighted by Gasteiger charge is 2.35. The molecule has 1 heteroatoms. The van der Waals surface area contributed by atoms with Crippen molar-refractivity contribution in [2.24, 2.45) is 0 Å². The zero-order chi connectivity index (χ0) is 7.26. The highest BCUT2D eigenvalue weighted by molar-refractivity contribution is 5.40. The molecule has 0 aromatic heterocycles. The normalized spacial score (nSPS) is 32.4. The van der Waals surface area contributed by atoms with Crippen molar-refractivity contribution in [1.29, 1.82) is 0 Å². The molecule has 56 valence electrons. The average Bonchev–Trinajstić information content (AvgIpc) is 2.64. The highest BCUT2D eigenvalue weighted by Crippen LogP contribution is 2.44. The van der Waals surface area contributed by atoms with Crippen LogP contribution in [0.3, 0.4) is 0 Å². The Labute approximate surface area is 66.4 Å². The van der Waals surface area contributed by atoms with Gasteiger partial charge in [0.25, 0.3) is 0 Å². The van der Waals surface area contributed by atoms with Crippen molar-refractivity contribution in [3.05, 3.63) is 35.4 Å². The SMILES string of the molecule is c1ccc2c(c1)C1CN[C@@H]2C1. The topological polar surface area (TPSA) is 12.0 Å². The third-order valence-electron chi connectivity index (χ3n) is 2.94. The molecule has 2 atom stereocenters. The van der Waals surface area contributed by atoms with Gasteiger partial charge < -0.3 is 5.32 Å². The summed E-state index contributed by atoms with van der Waals surface area (Å²) >= 11 is 0. The quantitative estimate of drug-likeness (QED) is 0.587. The van der Waals surface area contributed by atoms with E-state index in [1.165, 1.54) is 13.0 Å².